The number of hydrogen-bond acceptors (Lipinski definition) is 2. The third-order valence-electron chi connectivity index (χ3n) is 3.41. The second kappa shape index (κ2) is 6.25. The first-order valence-corrected chi connectivity index (χ1v) is 8.02. The number of fused-ring (bicyclic) bond motifs is 1. The highest BCUT2D eigenvalue weighted by Gasteiger charge is 2.09. The van der Waals surface area contributed by atoms with Gasteiger partial charge in [0.15, 0.2) is 11.1 Å². The average molecular weight is 315 g/mol. The van der Waals surface area contributed by atoms with E-state index in [4.69, 9.17) is 4.55 Å². The molecule has 0 radical (unpaired) electrons. The van der Waals surface area contributed by atoms with Gasteiger partial charge in [0.05, 0.1) is 5.75 Å². The van der Waals surface area contributed by atoms with E-state index in [1.807, 2.05) is 42.5 Å². The van der Waals surface area contributed by atoms with Crippen LogP contribution in [0.3, 0.4) is 0 Å². The molecule has 1 atom stereocenters. The molecule has 3 rings (SSSR count). The van der Waals surface area contributed by atoms with Gasteiger partial charge in [0.2, 0.25) is 0 Å². The lowest BCUT2D eigenvalue weighted by Crippen LogP contribution is -2.00. The molecule has 0 spiro atoms. The van der Waals surface area contributed by atoms with Crippen LogP contribution in [0.4, 0.5) is 15.8 Å². The van der Waals surface area contributed by atoms with Gasteiger partial charge in [-0.15, -0.1) is 0 Å². The van der Waals surface area contributed by atoms with E-state index in [1.54, 1.807) is 0 Å². The first kappa shape index (κ1) is 14.7. The minimum atomic E-state index is -1.98. The zero-order chi connectivity index (χ0) is 15.5. The van der Waals surface area contributed by atoms with E-state index in [0.29, 0.717) is 11.3 Å². The van der Waals surface area contributed by atoms with Crippen molar-refractivity contribution in [2.75, 3.05) is 5.32 Å². The van der Waals surface area contributed by atoms with Gasteiger partial charge in [-0.2, -0.15) is 0 Å². The number of hydrogen-bond donors (Lipinski definition) is 2. The monoisotopic (exact) mass is 315 g/mol. The fourth-order valence-corrected chi connectivity index (χ4v) is 2.92. The van der Waals surface area contributed by atoms with Crippen LogP contribution in [0.25, 0.3) is 10.8 Å². The summed E-state index contributed by atoms with van der Waals surface area (Å²) in [6.07, 6.45) is 0. The van der Waals surface area contributed by atoms with Gasteiger partial charge >= 0.3 is 0 Å². The Hall–Kier alpha value is -2.24. The Morgan fingerprint density at radius 1 is 1.00 bits per heavy atom. The number of anilines is 2. The zero-order valence-electron chi connectivity index (χ0n) is 11.6. The third-order valence-corrected chi connectivity index (χ3v) is 3.97. The molecule has 5 heteroatoms. The lowest BCUT2D eigenvalue weighted by molar-refractivity contribution is 0.563. The van der Waals surface area contributed by atoms with E-state index in [9.17, 15) is 8.60 Å². The summed E-state index contributed by atoms with van der Waals surface area (Å²) in [5.41, 5.74) is 1.92. The van der Waals surface area contributed by atoms with E-state index in [1.165, 1.54) is 18.2 Å². The maximum absolute atomic E-state index is 13.5. The molecule has 0 heterocycles. The van der Waals surface area contributed by atoms with Crippen LogP contribution in [0.15, 0.2) is 60.7 Å². The number of nitrogens with one attached hydrogen (secondary N) is 1. The van der Waals surface area contributed by atoms with Gasteiger partial charge in [-0.05, 0) is 29.1 Å². The molecule has 0 bridgehead atoms. The van der Waals surface area contributed by atoms with Crippen molar-refractivity contribution < 1.29 is 13.2 Å². The number of halogens is 1. The van der Waals surface area contributed by atoms with Crippen LogP contribution in [-0.4, -0.2) is 8.76 Å². The van der Waals surface area contributed by atoms with Gasteiger partial charge in [0.1, 0.15) is 5.82 Å². The molecule has 0 aliphatic rings. The predicted molar refractivity (Wildman–Crippen MR) is 88.1 cm³/mol. The Bertz CT molecular complexity index is 846. The van der Waals surface area contributed by atoms with E-state index in [-0.39, 0.29) is 5.75 Å². The van der Waals surface area contributed by atoms with Gasteiger partial charge in [-0.1, -0.05) is 42.5 Å². The molecule has 2 N–H and O–H groups in total. The average Bonchev–Trinajstić information content (AvgIpc) is 2.50. The van der Waals surface area contributed by atoms with Crippen molar-refractivity contribution in [3.05, 3.63) is 72.0 Å². The van der Waals surface area contributed by atoms with E-state index in [0.717, 1.165) is 16.5 Å². The third kappa shape index (κ3) is 3.16. The molecule has 0 fully saturated rings. The van der Waals surface area contributed by atoms with Crippen LogP contribution in [0.2, 0.25) is 0 Å². The predicted octanol–water partition coefficient (Wildman–Crippen LogP) is 4.44. The largest absolute Gasteiger partial charge is 0.355 e. The fraction of sp³-hybridized carbons (Fsp3) is 0.0588. The topological polar surface area (TPSA) is 49.3 Å². The van der Waals surface area contributed by atoms with E-state index in [2.05, 4.69) is 5.32 Å². The Labute approximate surface area is 130 Å². The molecular weight excluding hydrogens is 301 g/mol. The fourth-order valence-electron chi connectivity index (χ4n) is 2.40. The molecule has 0 aliphatic carbocycles. The van der Waals surface area contributed by atoms with Gasteiger partial charge < -0.3 is 9.87 Å². The Morgan fingerprint density at radius 2 is 1.77 bits per heavy atom. The standard InChI is InChI=1S/C17H14FNO2S/c18-14-9-8-13(11-22(20)21)17(10-14)19-16-7-3-5-12-4-1-2-6-15(12)16/h1-10,19H,11H2,(H,20,21). The summed E-state index contributed by atoms with van der Waals surface area (Å²) < 4.78 is 33.7. The number of benzene rings is 3. The Balaban J connectivity index is 2.04. The van der Waals surface area contributed by atoms with Gasteiger partial charge in [0, 0.05) is 16.8 Å². The summed E-state index contributed by atoms with van der Waals surface area (Å²) in [5, 5.41) is 5.25. The maximum Gasteiger partial charge on any atom is 0.157 e. The van der Waals surface area contributed by atoms with Crippen molar-refractivity contribution >= 4 is 33.2 Å². The van der Waals surface area contributed by atoms with E-state index >= 15 is 0 Å². The summed E-state index contributed by atoms with van der Waals surface area (Å²) >= 11 is -1.98. The van der Waals surface area contributed by atoms with Crippen molar-refractivity contribution in [1.29, 1.82) is 0 Å². The summed E-state index contributed by atoms with van der Waals surface area (Å²) in [6.45, 7) is 0. The molecule has 0 aromatic heterocycles. The molecule has 0 saturated carbocycles. The quantitative estimate of drug-likeness (QED) is 0.700. The van der Waals surface area contributed by atoms with Crippen molar-refractivity contribution in [2.24, 2.45) is 0 Å². The van der Waals surface area contributed by atoms with Crippen LogP contribution in [0, 0.1) is 5.82 Å². The summed E-state index contributed by atoms with van der Waals surface area (Å²) in [5.74, 6) is -0.442. The van der Waals surface area contributed by atoms with Crippen molar-refractivity contribution in [3.63, 3.8) is 0 Å². The van der Waals surface area contributed by atoms with Crippen LogP contribution in [-0.2, 0) is 16.8 Å². The lowest BCUT2D eigenvalue weighted by Gasteiger charge is -2.13. The first-order chi connectivity index (χ1) is 10.6. The van der Waals surface area contributed by atoms with Gasteiger partial charge in [-0.3, -0.25) is 0 Å². The smallest absolute Gasteiger partial charge is 0.157 e. The highest BCUT2D eigenvalue weighted by atomic mass is 32.2. The summed E-state index contributed by atoms with van der Waals surface area (Å²) in [4.78, 5) is 0. The SMILES string of the molecule is O=S(O)Cc1ccc(F)cc1Nc1cccc2ccccc12. The lowest BCUT2D eigenvalue weighted by atomic mass is 10.1. The van der Waals surface area contributed by atoms with Gasteiger partial charge in [-0.25, -0.2) is 8.60 Å². The molecule has 3 aromatic rings. The molecule has 1 unspecified atom stereocenters. The molecule has 3 nitrogen and oxygen atoms in total. The Morgan fingerprint density at radius 3 is 2.59 bits per heavy atom. The second-order valence-corrected chi connectivity index (χ2v) is 5.85. The van der Waals surface area contributed by atoms with Crippen LogP contribution < -0.4 is 5.32 Å². The molecule has 0 saturated heterocycles. The number of rotatable bonds is 4. The first-order valence-electron chi connectivity index (χ1n) is 6.74. The van der Waals surface area contributed by atoms with Crippen LogP contribution in [0.5, 0.6) is 0 Å². The molecule has 112 valence electrons. The highest BCUT2D eigenvalue weighted by Crippen LogP contribution is 2.28. The van der Waals surface area contributed by atoms with Crippen molar-refractivity contribution in [1.82, 2.24) is 0 Å². The summed E-state index contributed by atoms with van der Waals surface area (Å²) in [6, 6.07) is 17.8. The summed E-state index contributed by atoms with van der Waals surface area (Å²) in [7, 11) is 0. The zero-order valence-corrected chi connectivity index (χ0v) is 12.4. The maximum atomic E-state index is 13.5. The molecule has 0 aliphatic heterocycles. The molecule has 0 amide bonds. The normalized spacial score (nSPS) is 12.3. The highest BCUT2D eigenvalue weighted by molar-refractivity contribution is 7.78. The van der Waals surface area contributed by atoms with Crippen molar-refractivity contribution in [2.45, 2.75) is 5.75 Å². The molecule has 3 aromatic carbocycles. The molecule has 22 heavy (non-hydrogen) atoms. The second-order valence-electron chi connectivity index (χ2n) is 4.92. The van der Waals surface area contributed by atoms with Gasteiger partial charge in [0.25, 0.3) is 0 Å². The van der Waals surface area contributed by atoms with E-state index < -0.39 is 16.9 Å². The van der Waals surface area contributed by atoms with Crippen molar-refractivity contribution in [3.8, 4) is 0 Å². The molecular formula is C17H14FNO2S. The minimum Gasteiger partial charge on any atom is -0.355 e. The van der Waals surface area contributed by atoms with Crippen LogP contribution in [0.1, 0.15) is 5.56 Å². The minimum absolute atomic E-state index is 0.0482. The Kier molecular flexibility index (Phi) is 4.18. The van der Waals surface area contributed by atoms with Crippen LogP contribution >= 0.6 is 0 Å².